The minimum Gasteiger partial charge on any atom is -0.497 e. The summed E-state index contributed by atoms with van der Waals surface area (Å²) in [6, 6.07) is 18.5. The minimum atomic E-state index is -0.729. The first-order valence-corrected chi connectivity index (χ1v) is 12.9. The molecule has 1 aromatic heterocycles. The van der Waals surface area contributed by atoms with Crippen LogP contribution >= 0.6 is 11.8 Å². The van der Waals surface area contributed by atoms with Crippen LogP contribution in [0.4, 0.5) is 11.4 Å². The number of nitriles is 1. The first kappa shape index (κ1) is 26.6. The van der Waals surface area contributed by atoms with Gasteiger partial charge in [-0.15, -0.1) is 0 Å². The van der Waals surface area contributed by atoms with Crippen LogP contribution in [0.1, 0.15) is 29.7 Å². The predicted octanol–water partition coefficient (Wildman–Crippen LogP) is 5.61. The number of anilines is 2. The number of para-hydroxylation sites is 1. The second-order valence-electron chi connectivity index (χ2n) is 8.75. The number of furan rings is 1. The van der Waals surface area contributed by atoms with Crippen molar-refractivity contribution in [2.75, 3.05) is 23.5 Å². The van der Waals surface area contributed by atoms with E-state index in [2.05, 4.69) is 22.0 Å². The maximum absolute atomic E-state index is 13.6. The molecule has 0 fully saturated rings. The number of benzene rings is 2. The summed E-state index contributed by atoms with van der Waals surface area (Å²) in [6.45, 7) is 5.64. The number of dihydropyridines is 1. The number of carbonyl (C=O) groups is 2. The van der Waals surface area contributed by atoms with E-state index < -0.39 is 5.92 Å². The van der Waals surface area contributed by atoms with Gasteiger partial charge in [0.05, 0.1) is 47.3 Å². The Morgan fingerprint density at radius 3 is 2.37 bits per heavy atom. The van der Waals surface area contributed by atoms with E-state index in [1.807, 2.05) is 32.0 Å². The van der Waals surface area contributed by atoms with E-state index in [4.69, 9.17) is 9.15 Å². The van der Waals surface area contributed by atoms with Gasteiger partial charge in [-0.2, -0.15) is 5.26 Å². The lowest BCUT2D eigenvalue weighted by atomic mass is 9.85. The van der Waals surface area contributed by atoms with Crippen LogP contribution in [0.3, 0.4) is 0 Å². The molecule has 0 spiro atoms. The highest BCUT2D eigenvalue weighted by Gasteiger charge is 2.36. The van der Waals surface area contributed by atoms with E-state index in [1.165, 1.54) is 18.0 Å². The summed E-state index contributed by atoms with van der Waals surface area (Å²) in [5.74, 6) is -0.0788. The lowest BCUT2D eigenvalue weighted by molar-refractivity contribution is -0.114. The van der Waals surface area contributed by atoms with Crippen LogP contribution in [0.15, 0.2) is 87.1 Å². The molecule has 2 aromatic carbocycles. The molecule has 2 amide bonds. The van der Waals surface area contributed by atoms with E-state index >= 15 is 0 Å². The van der Waals surface area contributed by atoms with Crippen LogP contribution in [0.25, 0.3) is 0 Å². The van der Waals surface area contributed by atoms with E-state index in [9.17, 15) is 14.9 Å². The molecule has 0 unspecified atom stereocenters. The second kappa shape index (κ2) is 11.8. The number of methoxy groups -OCH3 is 1. The molecule has 0 bridgehead atoms. The van der Waals surface area contributed by atoms with Gasteiger partial charge in [-0.3, -0.25) is 9.59 Å². The predicted molar refractivity (Wildman–Crippen MR) is 149 cm³/mol. The molecule has 1 atom stereocenters. The molecule has 2 heterocycles. The summed E-state index contributed by atoms with van der Waals surface area (Å²) in [7, 11) is 1.58. The third kappa shape index (κ3) is 5.76. The van der Waals surface area contributed by atoms with Crippen molar-refractivity contribution in [1.29, 1.82) is 5.26 Å². The van der Waals surface area contributed by atoms with E-state index in [0.29, 0.717) is 39.1 Å². The number of carbonyl (C=O) groups excluding carboxylic acids is 2. The van der Waals surface area contributed by atoms with Crippen molar-refractivity contribution in [3.05, 3.63) is 99.6 Å². The van der Waals surface area contributed by atoms with Crippen molar-refractivity contribution in [3.63, 3.8) is 0 Å². The number of aryl methyl sites for hydroxylation is 2. The smallest absolute Gasteiger partial charge is 0.254 e. The molecular weight excluding hydrogens is 500 g/mol. The van der Waals surface area contributed by atoms with Crippen molar-refractivity contribution < 1.29 is 18.7 Å². The quantitative estimate of drug-likeness (QED) is 0.348. The number of rotatable bonds is 8. The van der Waals surface area contributed by atoms with Crippen LogP contribution < -0.4 is 20.7 Å². The van der Waals surface area contributed by atoms with Crippen LogP contribution in [0, 0.1) is 25.2 Å². The molecule has 4 rings (SSSR count). The van der Waals surface area contributed by atoms with Gasteiger partial charge in [0.15, 0.2) is 0 Å². The zero-order valence-electron chi connectivity index (χ0n) is 21.5. The number of ether oxygens (including phenoxy) is 1. The lowest BCUT2D eigenvalue weighted by Gasteiger charge is -2.28. The topological polar surface area (TPSA) is 116 Å². The Kier molecular flexibility index (Phi) is 8.24. The first-order chi connectivity index (χ1) is 18.3. The maximum atomic E-state index is 13.6. The largest absolute Gasteiger partial charge is 0.497 e. The Bertz CT molecular complexity index is 1430. The Morgan fingerprint density at radius 2 is 1.76 bits per heavy atom. The number of nitrogens with zero attached hydrogens (tertiary/aromatic N) is 1. The number of amides is 2. The van der Waals surface area contributed by atoms with E-state index in [0.717, 1.165) is 16.8 Å². The fourth-order valence-corrected chi connectivity index (χ4v) is 5.16. The van der Waals surface area contributed by atoms with Gasteiger partial charge >= 0.3 is 0 Å². The Morgan fingerprint density at radius 1 is 1.05 bits per heavy atom. The third-order valence-electron chi connectivity index (χ3n) is 6.16. The minimum absolute atomic E-state index is 0.0572. The van der Waals surface area contributed by atoms with Gasteiger partial charge in [0.25, 0.3) is 5.91 Å². The van der Waals surface area contributed by atoms with Crippen molar-refractivity contribution in [3.8, 4) is 11.8 Å². The summed E-state index contributed by atoms with van der Waals surface area (Å²) in [5, 5.41) is 19.7. The third-order valence-corrected chi connectivity index (χ3v) is 7.18. The number of thioether (sulfide) groups is 1. The summed E-state index contributed by atoms with van der Waals surface area (Å²) in [5.41, 5.74) is 4.50. The van der Waals surface area contributed by atoms with Crippen molar-refractivity contribution in [1.82, 2.24) is 5.32 Å². The van der Waals surface area contributed by atoms with E-state index in [1.54, 1.807) is 50.4 Å². The SMILES string of the molecule is COc1ccc(NC(=O)CSC2=C(C#N)[C@@H](c3ccco3)C(C(=O)Nc3c(C)cccc3C)=C(C)N2)cc1. The standard InChI is InChI=1S/C29H28N4O4S/c1-17-7-5-8-18(2)27(17)33-28(35)25-19(3)31-29(22(15-30)26(25)23-9-6-14-37-23)38-16-24(34)32-20-10-12-21(36-4)13-11-20/h5-14,26,31H,16H2,1-4H3,(H,32,34)(H,33,35)/t26-/m0/s1. The normalized spacial score (nSPS) is 15.0. The molecule has 0 aliphatic carbocycles. The molecule has 3 N–H and O–H groups in total. The Balaban J connectivity index is 1.58. The second-order valence-corrected chi connectivity index (χ2v) is 9.74. The monoisotopic (exact) mass is 528 g/mol. The lowest BCUT2D eigenvalue weighted by Crippen LogP contribution is -2.31. The number of hydrogen-bond acceptors (Lipinski definition) is 7. The average Bonchev–Trinajstić information content (AvgIpc) is 3.44. The molecular formula is C29H28N4O4S. The summed E-state index contributed by atoms with van der Waals surface area (Å²) < 4.78 is 10.8. The molecule has 194 valence electrons. The molecule has 3 aromatic rings. The highest BCUT2D eigenvalue weighted by Crippen LogP contribution is 2.41. The Hall–Kier alpha value is -4.42. The molecule has 9 heteroatoms. The summed E-state index contributed by atoms with van der Waals surface area (Å²) >= 11 is 1.19. The zero-order chi connectivity index (χ0) is 27.2. The summed E-state index contributed by atoms with van der Waals surface area (Å²) in [4.78, 5) is 26.3. The number of allylic oxidation sites excluding steroid dienone is 2. The number of nitrogens with one attached hydrogen (secondary N) is 3. The molecule has 0 radical (unpaired) electrons. The zero-order valence-corrected chi connectivity index (χ0v) is 22.4. The molecule has 1 aliphatic heterocycles. The summed E-state index contributed by atoms with van der Waals surface area (Å²) in [6.07, 6.45) is 1.51. The Labute approximate surface area is 225 Å². The van der Waals surface area contributed by atoms with Crippen molar-refractivity contribution >= 4 is 35.0 Å². The van der Waals surface area contributed by atoms with Crippen molar-refractivity contribution in [2.45, 2.75) is 26.7 Å². The van der Waals surface area contributed by atoms with Crippen LogP contribution in [-0.2, 0) is 9.59 Å². The van der Waals surface area contributed by atoms with Gasteiger partial charge in [0, 0.05) is 17.1 Å². The average molecular weight is 529 g/mol. The molecule has 0 saturated carbocycles. The van der Waals surface area contributed by atoms with Gasteiger partial charge in [-0.25, -0.2) is 0 Å². The first-order valence-electron chi connectivity index (χ1n) is 11.9. The molecule has 8 nitrogen and oxygen atoms in total. The fourth-order valence-electron chi connectivity index (χ4n) is 4.27. The van der Waals surface area contributed by atoms with Crippen LogP contribution in [0.5, 0.6) is 5.75 Å². The molecule has 1 aliphatic rings. The number of hydrogen-bond donors (Lipinski definition) is 3. The highest BCUT2D eigenvalue weighted by molar-refractivity contribution is 8.03. The molecule has 38 heavy (non-hydrogen) atoms. The van der Waals surface area contributed by atoms with Gasteiger partial charge in [-0.1, -0.05) is 30.0 Å². The highest BCUT2D eigenvalue weighted by atomic mass is 32.2. The van der Waals surface area contributed by atoms with Crippen molar-refractivity contribution in [2.24, 2.45) is 0 Å². The van der Waals surface area contributed by atoms with Gasteiger partial charge in [0.2, 0.25) is 5.91 Å². The van der Waals surface area contributed by atoms with Gasteiger partial charge in [-0.05, 0) is 68.3 Å². The fraction of sp³-hybridized carbons (Fsp3) is 0.207. The van der Waals surface area contributed by atoms with Crippen LogP contribution in [-0.4, -0.2) is 24.7 Å². The van der Waals surface area contributed by atoms with Gasteiger partial charge in [0.1, 0.15) is 11.5 Å². The van der Waals surface area contributed by atoms with E-state index in [-0.39, 0.29) is 17.6 Å². The molecule has 0 saturated heterocycles. The van der Waals surface area contributed by atoms with Gasteiger partial charge < -0.3 is 25.1 Å². The van der Waals surface area contributed by atoms with Crippen LogP contribution in [0.2, 0.25) is 0 Å². The maximum Gasteiger partial charge on any atom is 0.254 e.